The van der Waals surface area contributed by atoms with Crippen molar-refractivity contribution in [3.05, 3.63) is 90.6 Å². The molecule has 0 amide bonds. The van der Waals surface area contributed by atoms with Crippen LogP contribution in [0.25, 0.3) is 42.6 Å². The summed E-state index contributed by atoms with van der Waals surface area (Å²) in [5.74, 6) is 1.11. The van der Waals surface area contributed by atoms with Gasteiger partial charge < -0.3 is 0 Å². The molecule has 5 rings (SSSR count). The van der Waals surface area contributed by atoms with Crippen LogP contribution in [0.2, 0.25) is 0 Å². The third-order valence-corrected chi connectivity index (χ3v) is 7.40. The van der Waals surface area contributed by atoms with Gasteiger partial charge in [-0.1, -0.05) is 81.4 Å². The summed E-state index contributed by atoms with van der Waals surface area (Å²) >= 11 is 1.87. The summed E-state index contributed by atoms with van der Waals surface area (Å²) in [5, 5.41) is 2.66. The van der Waals surface area contributed by atoms with Crippen molar-refractivity contribution in [2.24, 2.45) is 5.92 Å². The number of aromatic nitrogens is 1. The first-order chi connectivity index (χ1) is 14.6. The maximum absolute atomic E-state index is 4.78. The minimum absolute atomic E-state index is 0.508. The SMILES string of the molecule is CC(C)C(C)c1ccnc(-c2ccc(-c3ccccc3)c3c2sc2ccccc23)c1. The van der Waals surface area contributed by atoms with Gasteiger partial charge in [0.05, 0.1) is 5.69 Å². The molecule has 1 unspecified atom stereocenters. The van der Waals surface area contributed by atoms with Gasteiger partial charge in [0.15, 0.2) is 0 Å². The monoisotopic (exact) mass is 407 g/mol. The van der Waals surface area contributed by atoms with E-state index in [1.54, 1.807) is 0 Å². The number of fused-ring (bicyclic) bond motifs is 3. The first-order valence-corrected chi connectivity index (χ1v) is 11.4. The van der Waals surface area contributed by atoms with Crippen LogP contribution in [0.4, 0.5) is 0 Å². The lowest BCUT2D eigenvalue weighted by Gasteiger charge is -2.17. The van der Waals surface area contributed by atoms with Crippen LogP contribution in [-0.2, 0) is 0 Å². The Kier molecular flexibility index (Phi) is 4.88. The number of rotatable bonds is 4. The van der Waals surface area contributed by atoms with Gasteiger partial charge >= 0.3 is 0 Å². The third-order valence-electron chi connectivity index (χ3n) is 6.20. The zero-order valence-corrected chi connectivity index (χ0v) is 18.4. The maximum Gasteiger partial charge on any atom is 0.0719 e. The lowest BCUT2D eigenvalue weighted by Crippen LogP contribution is -2.02. The topological polar surface area (TPSA) is 12.9 Å². The van der Waals surface area contributed by atoms with Crippen molar-refractivity contribution in [2.45, 2.75) is 26.7 Å². The molecule has 1 nitrogen and oxygen atoms in total. The molecule has 0 spiro atoms. The van der Waals surface area contributed by atoms with Gasteiger partial charge in [-0.25, -0.2) is 0 Å². The Bertz CT molecular complexity index is 1330. The van der Waals surface area contributed by atoms with Crippen LogP contribution in [0.5, 0.6) is 0 Å². The molecule has 0 saturated carbocycles. The van der Waals surface area contributed by atoms with E-state index in [1.165, 1.54) is 42.4 Å². The molecule has 0 aliphatic carbocycles. The molecule has 2 heterocycles. The van der Waals surface area contributed by atoms with E-state index in [2.05, 4.69) is 99.6 Å². The fourth-order valence-corrected chi connectivity index (χ4v) is 5.40. The molecule has 148 valence electrons. The predicted octanol–water partition coefficient (Wildman–Crippen LogP) is 8.54. The number of hydrogen-bond donors (Lipinski definition) is 0. The summed E-state index contributed by atoms with van der Waals surface area (Å²) in [6.07, 6.45) is 1.97. The van der Waals surface area contributed by atoms with Crippen LogP contribution in [0.1, 0.15) is 32.3 Å². The van der Waals surface area contributed by atoms with Crippen molar-refractivity contribution < 1.29 is 0 Å². The van der Waals surface area contributed by atoms with Gasteiger partial charge in [0.25, 0.3) is 0 Å². The highest BCUT2D eigenvalue weighted by molar-refractivity contribution is 7.26. The summed E-state index contributed by atoms with van der Waals surface area (Å²) in [6, 6.07) is 28.4. The molecule has 30 heavy (non-hydrogen) atoms. The first-order valence-electron chi connectivity index (χ1n) is 10.6. The van der Waals surface area contributed by atoms with Gasteiger partial charge in [-0.05, 0) is 46.7 Å². The summed E-state index contributed by atoms with van der Waals surface area (Å²) in [7, 11) is 0. The van der Waals surface area contributed by atoms with Gasteiger partial charge in [-0.3, -0.25) is 4.98 Å². The number of nitrogens with zero attached hydrogens (tertiary/aromatic N) is 1. The van der Waals surface area contributed by atoms with Crippen LogP contribution >= 0.6 is 11.3 Å². The van der Waals surface area contributed by atoms with Crippen LogP contribution in [0.15, 0.2) is 85.1 Å². The normalized spacial score (nSPS) is 12.7. The first kappa shape index (κ1) is 19.0. The van der Waals surface area contributed by atoms with Crippen LogP contribution in [0.3, 0.4) is 0 Å². The van der Waals surface area contributed by atoms with E-state index in [4.69, 9.17) is 4.98 Å². The van der Waals surface area contributed by atoms with Crippen LogP contribution < -0.4 is 0 Å². The van der Waals surface area contributed by atoms with Gasteiger partial charge in [0, 0.05) is 31.9 Å². The Labute approximate surface area is 182 Å². The standard InChI is InChI=1S/C28H25NS/c1-18(2)19(3)21-15-16-29-25(17-21)23-14-13-22(20-9-5-4-6-10-20)27-24-11-7-8-12-26(24)30-28(23)27/h4-19H,1-3H3. The summed E-state index contributed by atoms with van der Waals surface area (Å²) in [5.41, 5.74) is 6.20. The Morgan fingerprint density at radius 2 is 1.50 bits per heavy atom. The second-order valence-electron chi connectivity index (χ2n) is 8.34. The van der Waals surface area contributed by atoms with Crippen molar-refractivity contribution in [2.75, 3.05) is 0 Å². The molecule has 2 heteroatoms. The zero-order valence-electron chi connectivity index (χ0n) is 17.6. The van der Waals surface area contributed by atoms with E-state index in [-0.39, 0.29) is 0 Å². The van der Waals surface area contributed by atoms with Gasteiger partial charge in [0.1, 0.15) is 0 Å². The van der Waals surface area contributed by atoms with E-state index in [0.717, 1.165) is 5.69 Å². The van der Waals surface area contributed by atoms with E-state index in [0.29, 0.717) is 11.8 Å². The average molecular weight is 408 g/mol. The van der Waals surface area contributed by atoms with Gasteiger partial charge in [0.2, 0.25) is 0 Å². The molecule has 2 aromatic heterocycles. The van der Waals surface area contributed by atoms with Crippen LogP contribution in [0, 0.1) is 5.92 Å². The fourth-order valence-electron chi connectivity index (χ4n) is 4.15. The second kappa shape index (κ2) is 7.70. The Morgan fingerprint density at radius 1 is 0.767 bits per heavy atom. The van der Waals surface area contributed by atoms with Crippen molar-refractivity contribution in [3.8, 4) is 22.4 Å². The number of pyridine rings is 1. The number of thiophene rings is 1. The molecular weight excluding hydrogens is 382 g/mol. The number of benzene rings is 3. The van der Waals surface area contributed by atoms with Gasteiger partial charge in [-0.15, -0.1) is 11.3 Å². The van der Waals surface area contributed by atoms with E-state index in [1.807, 2.05) is 17.5 Å². The van der Waals surface area contributed by atoms with Crippen molar-refractivity contribution in [3.63, 3.8) is 0 Å². The number of hydrogen-bond acceptors (Lipinski definition) is 2. The minimum Gasteiger partial charge on any atom is -0.256 e. The zero-order chi connectivity index (χ0) is 20.7. The molecule has 3 aromatic carbocycles. The van der Waals surface area contributed by atoms with E-state index < -0.39 is 0 Å². The second-order valence-corrected chi connectivity index (χ2v) is 9.39. The molecule has 0 aliphatic rings. The van der Waals surface area contributed by atoms with Crippen molar-refractivity contribution in [1.29, 1.82) is 0 Å². The molecule has 0 bridgehead atoms. The fraction of sp³-hybridized carbons (Fsp3) is 0.179. The molecule has 0 aliphatic heterocycles. The Morgan fingerprint density at radius 3 is 2.30 bits per heavy atom. The van der Waals surface area contributed by atoms with E-state index >= 15 is 0 Å². The summed E-state index contributed by atoms with van der Waals surface area (Å²) in [6.45, 7) is 6.87. The average Bonchev–Trinajstić information content (AvgIpc) is 3.18. The molecular formula is C28H25NS. The molecule has 0 N–H and O–H groups in total. The van der Waals surface area contributed by atoms with Crippen LogP contribution in [-0.4, -0.2) is 4.98 Å². The smallest absolute Gasteiger partial charge is 0.0719 e. The van der Waals surface area contributed by atoms with E-state index in [9.17, 15) is 0 Å². The highest BCUT2D eigenvalue weighted by Crippen LogP contribution is 2.44. The molecule has 0 radical (unpaired) electrons. The lowest BCUT2D eigenvalue weighted by molar-refractivity contribution is 0.535. The molecule has 5 aromatic rings. The summed E-state index contributed by atoms with van der Waals surface area (Å²) < 4.78 is 2.64. The third kappa shape index (κ3) is 3.22. The van der Waals surface area contributed by atoms with Crippen molar-refractivity contribution in [1.82, 2.24) is 4.98 Å². The highest BCUT2D eigenvalue weighted by Gasteiger charge is 2.17. The highest BCUT2D eigenvalue weighted by atomic mass is 32.1. The summed E-state index contributed by atoms with van der Waals surface area (Å²) in [4.78, 5) is 4.78. The predicted molar refractivity (Wildman–Crippen MR) is 131 cm³/mol. The Balaban J connectivity index is 1.79. The Hall–Kier alpha value is -2.97. The molecule has 0 fully saturated rings. The van der Waals surface area contributed by atoms with Crippen molar-refractivity contribution >= 4 is 31.5 Å². The molecule has 0 saturated heterocycles. The lowest BCUT2D eigenvalue weighted by atomic mass is 9.89. The quantitative estimate of drug-likeness (QED) is 0.291. The minimum atomic E-state index is 0.508. The maximum atomic E-state index is 4.78. The largest absolute Gasteiger partial charge is 0.256 e. The van der Waals surface area contributed by atoms with Gasteiger partial charge in [-0.2, -0.15) is 0 Å². The molecule has 1 atom stereocenters.